The summed E-state index contributed by atoms with van der Waals surface area (Å²) in [6.07, 6.45) is 1.10. The number of amides is 1. The molecule has 3 nitrogen and oxygen atoms in total. The summed E-state index contributed by atoms with van der Waals surface area (Å²) in [5.41, 5.74) is 0. The monoisotopic (exact) mass is 265 g/mol. The summed E-state index contributed by atoms with van der Waals surface area (Å²) in [6, 6.07) is 0. The zero-order valence-electron chi connectivity index (χ0n) is 11.6. The third-order valence-corrected chi connectivity index (χ3v) is 2.35. The van der Waals surface area contributed by atoms with Crippen molar-refractivity contribution in [3.8, 4) is 0 Å². The van der Waals surface area contributed by atoms with E-state index in [4.69, 9.17) is 4.74 Å². The van der Waals surface area contributed by atoms with Crippen LogP contribution < -0.4 is 5.32 Å². The molecule has 0 fully saturated rings. The molecule has 0 saturated heterocycles. The fraction of sp³-hybridized carbons (Fsp3) is 0.923. The van der Waals surface area contributed by atoms with Crippen LogP contribution in [0.4, 0.5) is 8.78 Å². The Balaban J connectivity index is 3.66. The first-order chi connectivity index (χ1) is 8.40. The maximum absolute atomic E-state index is 13.3. The van der Waals surface area contributed by atoms with Crippen molar-refractivity contribution in [2.24, 2.45) is 5.92 Å². The van der Waals surface area contributed by atoms with E-state index < -0.39 is 18.3 Å². The number of carbonyl (C=O) groups excluding carboxylic acids is 1. The quantitative estimate of drug-likeness (QED) is 0.617. The molecule has 1 amide bonds. The van der Waals surface area contributed by atoms with Gasteiger partial charge in [-0.2, -0.15) is 8.78 Å². The van der Waals surface area contributed by atoms with E-state index >= 15 is 0 Å². The first-order valence-electron chi connectivity index (χ1n) is 6.64. The molecule has 108 valence electrons. The van der Waals surface area contributed by atoms with Gasteiger partial charge in [-0.05, 0) is 25.2 Å². The third-order valence-electron chi connectivity index (χ3n) is 2.35. The lowest BCUT2D eigenvalue weighted by Gasteiger charge is -2.15. The summed E-state index contributed by atoms with van der Waals surface area (Å²) >= 11 is 0. The summed E-state index contributed by atoms with van der Waals surface area (Å²) in [7, 11) is 0. The maximum Gasteiger partial charge on any atom is 0.324 e. The van der Waals surface area contributed by atoms with Crippen LogP contribution in [0.3, 0.4) is 0 Å². The number of nitrogens with one attached hydrogen (secondary N) is 1. The Hall–Kier alpha value is -0.710. The van der Waals surface area contributed by atoms with E-state index in [1.807, 2.05) is 20.8 Å². The largest absolute Gasteiger partial charge is 0.381 e. The van der Waals surface area contributed by atoms with Crippen molar-refractivity contribution in [2.45, 2.75) is 52.4 Å². The van der Waals surface area contributed by atoms with Crippen LogP contribution in [0.1, 0.15) is 46.5 Å². The molecule has 0 unspecified atom stereocenters. The Labute approximate surface area is 108 Å². The van der Waals surface area contributed by atoms with Crippen LogP contribution in [-0.2, 0) is 9.53 Å². The average molecular weight is 265 g/mol. The van der Waals surface area contributed by atoms with Crippen LogP contribution in [0.15, 0.2) is 0 Å². The van der Waals surface area contributed by atoms with Crippen LogP contribution in [0.5, 0.6) is 0 Å². The lowest BCUT2D eigenvalue weighted by atomic mass is 10.1. The molecule has 0 aliphatic heterocycles. The van der Waals surface area contributed by atoms with E-state index in [1.165, 1.54) is 0 Å². The minimum Gasteiger partial charge on any atom is -0.381 e. The Morgan fingerprint density at radius 3 is 2.56 bits per heavy atom. The fourth-order valence-corrected chi connectivity index (χ4v) is 1.35. The number of halogens is 2. The second-order valence-corrected chi connectivity index (χ2v) is 4.89. The van der Waals surface area contributed by atoms with Gasteiger partial charge >= 0.3 is 5.92 Å². The Bertz CT molecular complexity index is 233. The van der Waals surface area contributed by atoms with Gasteiger partial charge in [0.05, 0.1) is 0 Å². The SMILES string of the molecule is CCCNC(=O)C(F)(F)CCCCOCC(C)C. The van der Waals surface area contributed by atoms with Crippen molar-refractivity contribution in [3.63, 3.8) is 0 Å². The maximum atomic E-state index is 13.3. The van der Waals surface area contributed by atoms with Crippen molar-refractivity contribution in [1.29, 1.82) is 0 Å². The van der Waals surface area contributed by atoms with Gasteiger partial charge in [-0.1, -0.05) is 20.8 Å². The molecular weight excluding hydrogens is 240 g/mol. The zero-order valence-corrected chi connectivity index (χ0v) is 11.6. The lowest BCUT2D eigenvalue weighted by Crippen LogP contribution is -2.40. The summed E-state index contributed by atoms with van der Waals surface area (Å²) in [4.78, 5) is 11.1. The molecule has 5 heteroatoms. The van der Waals surface area contributed by atoms with Crippen LogP contribution in [-0.4, -0.2) is 31.6 Å². The highest BCUT2D eigenvalue weighted by Crippen LogP contribution is 2.21. The first kappa shape index (κ1) is 17.3. The van der Waals surface area contributed by atoms with Gasteiger partial charge in [-0.15, -0.1) is 0 Å². The van der Waals surface area contributed by atoms with Crippen molar-refractivity contribution in [1.82, 2.24) is 5.32 Å². The van der Waals surface area contributed by atoms with Gasteiger partial charge in [0.2, 0.25) is 0 Å². The van der Waals surface area contributed by atoms with Gasteiger partial charge in [0, 0.05) is 26.2 Å². The molecule has 0 atom stereocenters. The van der Waals surface area contributed by atoms with Gasteiger partial charge in [0.1, 0.15) is 0 Å². The molecule has 0 aromatic rings. The Kier molecular flexibility index (Phi) is 8.89. The lowest BCUT2D eigenvalue weighted by molar-refractivity contribution is -0.146. The third kappa shape index (κ3) is 8.39. The summed E-state index contributed by atoms with van der Waals surface area (Å²) in [6.45, 7) is 7.31. The molecule has 0 rings (SSSR count). The van der Waals surface area contributed by atoms with Crippen molar-refractivity contribution in [2.75, 3.05) is 19.8 Å². The summed E-state index contributed by atoms with van der Waals surface area (Å²) in [5.74, 6) is -3.97. The van der Waals surface area contributed by atoms with Crippen molar-refractivity contribution < 1.29 is 18.3 Å². The highest BCUT2D eigenvalue weighted by atomic mass is 19.3. The number of ether oxygens (including phenoxy) is 1. The predicted molar refractivity (Wildman–Crippen MR) is 67.8 cm³/mol. The summed E-state index contributed by atoms with van der Waals surface area (Å²) in [5, 5.41) is 2.22. The Morgan fingerprint density at radius 1 is 1.33 bits per heavy atom. The minimum absolute atomic E-state index is 0.296. The minimum atomic E-state index is -3.26. The Morgan fingerprint density at radius 2 is 2.00 bits per heavy atom. The van der Waals surface area contributed by atoms with E-state index in [9.17, 15) is 13.6 Å². The van der Waals surface area contributed by atoms with Gasteiger partial charge < -0.3 is 10.1 Å². The molecule has 0 radical (unpaired) electrons. The number of alkyl halides is 2. The second kappa shape index (κ2) is 9.25. The van der Waals surface area contributed by atoms with Crippen LogP contribution >= 0.6 is 0 Å². The molecule has 0 aromatic heterocycles. The van der Waals surface area contributed by atoms with E-state index in [0.717, 1.165) is 0 Å². The zero-order chi connectivity index (χ0) is 14.0. The predicted octanol–water partition coefficient (Wildman–Crippen LogP) is 2.99. The van der Waals surface area contributed by atoms with Gasteiger partial charge in [-0.25, -0.2) is 0 Å². The molecule has 0 aliphatic rings. The smallest absolute Gasteiger partial charge is 0.324 e. The summed E-state index contributed by atoms with van der Waals surface area (Å²) < 4.78 is 31.9. The molecule has 0 aliphatic carbocycles. The molecular formula is C13H25F2NO2. The first-order valence-corrected chi connectivity index (χ1v) is 6.64. The van der Waals surface area contributed by atoms with Crippen molar-refractivity contribution >= 4 is 5.91 Å². The molecule has 0 aromatic carbocycles. The van der Waals surface area contributed by atoms with Gasteiger partial charge in [-0.3, -0.25) is 4.79 Å². The topological polar surface area (TPSA) is 38.3 Å². The molecule has 0 saturated carbocycles. The number of rotatable bonds is 10. The normalized spacial score (nSPS) is 11.9. The molecule has 1 N–H and O–H groups in total. The highest BCUT2D eigenvalue weighted by Gasteiger charge is 2.37. The molecule has 0 heterocycles. The standard InChI is InChI=1S/C13H25F2NO2/c1-4-8-16-12(17)13(14,15)7-5-6-9-18-10-11(2)3/h11H,4-10H2,1-3H3,(H,16,17). The van der Waals surface area contributed by atoms with E-state index in [2.05, 4.69) is 5.32 Å². The van der Waals surface area contributed by atoms with Crippen molar-refractivity contribution in [3.05, 3.63) is 0 Å². The molecule has 0 bridgehead atoms. The number of hydrogen-bond acceptors (Lipinski definition) is 2. The van der Waals surface area contributed by atoms with E-state index in [-0.39, 0.29) is 0 Å². The van der Waals surface area contributed by atoms with E-state index in [0.29, 0.717) is 44.9 Å². The average Bonchev–Trinajstić information content (AvgIpc) is 2.30. The second-order valence-electron chi connectivity index (χ2n) is 4.89. The molecule has 0 spiro atoms. The van der Waals surface area contributed by atoms with Crippen LogP contribution in [0.25, 0.3) is 0 Å². The van der Waals surface area contributed by atoms with Gasteiger partial charge in [0.15, 0.2) is 0 Å². The van der Waals surface area contributed by atoms with E-state index in [1.54, 1.807) is 0 Å². The van der Waals surface area contributed by atoms with Gasteiger partial charge in [0.25, 0.3) is 5.91 Å². The van der Waals surface area contributed by atoms with Crippen LogP contribution in [0.2, 0.25) is 0 Å². The number of unbranched alkanes of at least 4 members (excludes halogenated alkanes) is 1. The number of hydrogen-bond donors (Lipinski definition) is 1. The fourth-order valence-electron chi connectivity index (χ4n) is 1.35. The number of carbonyl (C=O) groups is 1. The highest BCUT2D eigenvalue weighted by molar-refractivity contribution is 5.83. The van der Waals surface area contributed by atoms with Crippen LogP contribution in [0, 0.1) is 5.92 Å². The molecule has 18 heavy (non-hydrogen) atoms.